The topological polar surface area (TPSA) is 57.6 Å². The highest BCUT2D eigenvalue weighted by Crippen LogP contribution is 2.18. The number of aliphatic hydroxyl groups excluding tert-OH is 1. The lowest BCUT2D eigenvalue weighted by Crippen LogP contribution is -2.43. The minimum atomic E-state index is 0.102. The van der Waals surface area contributed by atoms with Crippen molar-refractivity contribution in [3.05, 3.63) is 24.5 Å². The van der Waals surface area contributed by atoms with Crippen LogP contribution in [-0.4, -0.2) is 55.6 Å². The predicted octanol–water partition coefficient (Wildman–Crippen LogP) is 0.649. The molecule has 1 saturated heterocycles. The normalized spacial score (nSPS) is 16.8. The number of ether oxygens (including phenoxy) is 1. The summed E-state index contributed by atoms with van der Waals surface area (Å²) >= 11 is 0. The Balaban J connectivity index is 1.63. The second kappa shape index (κ2) is 8.09. The van der Waals surface area contributed by atoms with Crippen LogP contribution in [0.5, 0.6) is 0 Å². The maximum absolute atomic E-state index is 8.60. The molecule has 0 unspecified atom stereocenters. The van der Waals surface area contributed by atoms with Crippen molar-refractivity contribution in [2.75, 3.05) is 44.4 Å². The number of piperidine rings is 1. The lowest BCUT2D eigenvalue weighted by molar-refractivity contribution is 0.0921. The fraction of sp³-hybridized carbons (Fsp3) is 0.643. The van der Waals surface area contributed by atoms with Crippen LogP contribution in [0.1, 0.15) is 12.8 Å². The first-order chi connectivity index (χ1) is 9.40. The van der Waals surface area contributed by atoms with Crippen LogP contribution in [0.3, 0.4) is 0 Å². The van der Waals surface area contributed by atoms with Crippen LogP contribution in [-0.2, 0) is 4.74 Å². The molecule has 1 aromatic heterocycles. The Labute approximate surface area is 114 Å². The smallest absolute Gasteiger partial charge is 0.0698 e. The molecule has 0 spiro atoms. The van der Waals surface area contributed by atoms with E-state index >= 15 is 0 Å². The summed E-state index contributed by atoms with van der Waals surface area (Å²) in [5.74, 6) is 0. The summed E-state index contributed by atoms with van der Waals surface area (Å²) in [6.45, 7) is 4.23. The third kappa shape index (κ3) is 4.78. The highest BCUT2D eigenvalue weighted by molar-refractivity contribution is 5.44. The zero-order valence-electron chi connectivity index (χ0n) is 11.3. The van der Waals surface area contributed by atoms with Crippen molar-refractivity contribution in [2.24, 2.45) is 0 Å². The summed E-state index contributed by atoms with van der Waals surface area (Å²) in [7, 11) is 0. The number of nitrogens with zero attached hydrogens (tertiary/aromatic N) is 2. The summed E-state index contributed by atoms with van der Waals surface area (Å²) in [4.78, 5) is 6.45. The standard InChI is InChI=1S/C14H23N3O2/c18-10-12-19-11-7-16-13-3-8-17(9-4-13)14-1-5-15-6-2-14/h1-2,5-6,13,16,18H,3-4,7-12H2. The van der Waals surface area contributed by atoms with Crippen molar-refractivity contribution in [1.29, 1.82) is 0 Å². The molecule has 19 heavy (non-hydrogen) atoms. The molecule has 0 radical (unpaired) electrons. The van der Waals surface area contributed by atoms with E-state index in [2.05, 4.69) is 27.3 Å². The first-order valence-corrected chi connectivity index (χ1v) is 6.97. The van der Waals surface area contributed by atoms with Crippen molar-refractivity contribution >= 4 is 5.69 Å². The van der Waals surface area contributed by atoms with Gasteiger partial charge in [-0.2, -0.15) is 0 Å². The first-order valence-electron chi connectivity index (χ1n) is 6.97. The fourth-order valence-corrected chi connectivity index (χ4v) is 2.40. The largest absolute Gasteiger partial charge is 0.394 e. The molecule has 5 nitrogen and oxygen atoms in total. The Bertz CT molecular complexity index is 340. The number of pyridine rings is 1. The van der Waals surface area contributed by atoms with E-state index in [1.54, 1.807) is 0 Å². The van der Waals surface area contributed by atoms with E-state index in [1.165, 1.54) is 5.69 Å². The molecular formula is C14H23N3O2. The minimum Gasteiger partial charge on any atom is -0.394 e. The van der Waals surface area contributed by atoms with Gasteiger partial charge in [0.15, 0.2) is 0 Å². The molecule has 1 fully saturated rings. The van der Waals surface area contributed by atoms with Crippen molar-refractivity contribution in [3.63, 3.8) is 0 Å². The summed E-state index contributed by atoms with van der Waals surface area (Å²) in [5, 5.41) is 12.1. The van der Waals surface area contributed by atoms with E-state index in [0.29, 0.717) is 19.3 Å². The van der Waals surface area contributed by atoms with Crippen LogP contribution >= 0.6 is 0 Å². The van der Waals surface area contributed by atoms with Crippen molar-refractivity contribution in [2.45, 2.75) is 18.9 Å². The zero-order valence-corrected chi connectivity index (χ0v) is 11.3. The molecule has 2 rings (SSSR count). The average molecular weight is 265 g/mol. The maximum Gasteiger partial charge on any atom is 0.0698 e. The van der Waals surface area contributed by atoms with Gasteiger partial charge in [-0.3, -0.25) is 4.98 Å². The second-order valence-electron chi connectivity index (χ2n) is 4.76. The van der Waals surface area contributed by atoms with Crippen LogP contribution in [0.25, 0.3) is 0 Å². The Hall–Kier alpha value is -1.17. The number of rotatable bonds is 7. The molecule has 0 saturated carbocycles. The Morgan fingerprint density at radius 1 is 1.26 bits per heavy atom. The molecular weight excluding hydrogens is 242 g/mol. The van der Waals surface area contributed by atoms with E-state index in [1.807, 2.05) is 12.4 Å². The van der Waals surface area contributed by atoms with Gasteiger partial charge in [0.2, 0.25) is 0 Å². The minimum absolute atomic E-state index is 0.102. The van der Waals surface area contributed by atoms with Gasteiger partial charge in [0.1, 0.15) is 0 Å². The Kier molecular flexibility index (Phi) is 6.07. The van der Waals surface area contributed by atoms with Gasteiger partial charge in [-0.1, -0.05) is 0 Å². The summed E-state index contributed by atoms with van der Waals surface area (Å²) in [5.41, 5.74) is 1.26. The van der Waals surface area contributed by atoms with Crippen LogP contribution in [0.2, 0.25) is 0 Å². The molecule has 0 atom stereocenters. The third-order valence-electron chi connectivity index (χ3n) is 3.44. The molecule has 5 heteroatoms. The molecule has 106 valence electrons. The molecule has 2 heterocycles. The molecule has 1 aliphatic rings. The van der Waals surface area contributed by atoms with Gasteiger partial charge in [0.05, 0.1) is 19.8 Å². The number of hydrogen-bond donors (Lipinski definition) is 2. The van der Waals surface area contributed by atoms with E-state index in [-0.39, 0.29) is 6.61 Å². The van der Waals surface area contributed by atoms with Crippen LogP contribution in [0, 0.1) is 0 Å². The lowest BCUT2D eigenvalue weighted by Gasteiger charge is -2.34. The molecule has 0 aromatic carbocycles. The molecule has 0 aliphatic carbocycles. The molecule has 1 aliphatic heterocycles. The van der Waals surface area contributed by atoms with Gasteiger partial charge in [-0.25, -0.2) is 0 Å². The highest BCUT2D eigenvalue weighted by atomic mass is 16.5. The van der Waals surface area contributed by atoms with Crippen molar-refractivity contribution in [1.82, 2.24) is 10.3 Å². The lowest BCUT2D eigenvalue weighted by atomic mass is 10.0. The van der Waals surface area contributed by atoms with E-state index in [4.69, 9.17) is 9.84 Å². The quantitative estimate of drug-likeness (QED) is 0.709. The van der Waals surface area contributed by atoms with Gasteiger partial charge < -0.3 is 20.1 Å². The predicted molar refractivity (Wildman–Crippen MR) is 75.4 cm³/mol. The Morgan fingerprint density at radius 2 is 2.00 bits per heavy atom. The number of nitrogens with one attached hydrogen (secondary N) is 1. The van der Waals surface area contributed by atoms with E-state index < -0.39 is 0 Å². The second-order valence-corrected chi connectivity index (χ2v) is 4.76. The van der Waals surface area contributed by atoms with Crippen molar-refractivity contribution < 1.29 is 9.84 Å². The van der Waals surface area contributed by atoms with Gasteiger partial charge >= 0.3 is 0 Å². The van der Waals surface area contributed by atoms with Gasteiger partial charge in [-0.15, -0.1) is 0 Å². The molecule has 2 N–H and O–H groups in total. The van der Waals surface area contributed by atoms with Crippen LogP contribution in [0.4, 0.5) is 5.69 Å². The maximum atomic E-state index is 8.60. The molecule has 1 aromatic rings. The monoisotopic (exact) mass is 265 g/mol. The average Bonchev–Trinajstić information content (AvgIpc) is 2.49. The van der Waals surface area contributed by atoms with Crippen LogP contribution < -0.4 is 10.2 Å². The Morgan fingerprint density at radius 3 is 2.68 bits per heavy atom. The number of hydrogen-bond acceptors (Lipinski definition) is 5. The summed E-state index contributed by atoms with van der Waals surface area (Å²) in [6.07, 6.45) is 6.00. The molecule has 0 bridgehead atoms. The SMILES string of the molecule is OCCOCCNC1CCN(c2ccncc2)CC1. The fourth-order valence-electron chi connectivity index (χ4n) is 2.40. The number of aromatic nitrogens is 1. The summed E-state index contributed by atoms with van der Waals surface area (Å²) in [6, 6.07) is 4.71. The van der Waals surface area contributed by atoms with E-state index in [9.17, 15) is 0 Å². The van der Waals surface area contributed by atoms with Crippen LogP contribution in [0.15, 0.2) is 24.5 Å². The zero-order chi connectivity index (χ0) is 13.3. The first kappa shape index (κ1) is 14.2. The number of aliphatic hydroxyl groups is 1. The summed E-state index contributed by atoms with van der Waals surface area (Å²) < 4.78 is 5.23. The third-order valence-corrected chi connectivity index (χ3v) is 3.44. The van der Waals surface area contributed by atoms with Crippen molar-refractivity contribution in [3.8, 4) is 0 Å². The van der Waals surface area contributed by atoms with E-state index in [0.717, 1.165) is 32.5 Å². The highest BCUT2D eigenvalue weighted by Gasteiger charge is 2.18. The molecule has 0 amide bonds. The van der Waals surface area contributed by atoms with Gasteiger partial charge in [0.25, 0.3) is 0 Å². The number of anilines is 1. The van der Waals surface area contributed by atoms with Gasteiger partial charge in [-0.05, 0) is 25.0 Å². The van der Waals surface area contributed by atoms with Gasteiger partial charge in [0, 0.05) is 43.8 Å².